The highest BCUT2D eigenvalue weighted by Crippen LogP contribution is 2.34. The van der Waals surface area contributed by atoms with Crippen molar-refractivity contribution in [3.05, 3.63) is 91.9 Å². The van der Waals surface area contributed by atoms with Gasteiger partial charge < -0.3 is 10.2 Å². The SMILES string of the molecule is Cc1ccc(S(=O)(=O)N(CC(=O)N(Cc2c(Cl)cccc2Cl)[C@H](C)C(=O)NC(C)(C)C)c2cc(Cl)ccc2Cl)cc1. The molecule has 2 amide bonds. The molecule has 0 spiro atoms. The van der Waals surface area contributed by atoms with E-state index in [0.29, 0.717) is 15.6 Å². The molecule has 0 unspecified atom stereocenters. The molecule has 0 fully saturated rings. The molecule has 41 heavy (non-hydrogen) atoms. The fourth-order valence-corrected chi connectivity index (χ4v) is 6.32. The van der Waals surface area contributed by atoms with Gasteiger partial charge in [0.1, 0.15) is 12.6 Å². The molecule has 0 aliphatic heterocycles. The summed E-state index contributed by atoms with van der Waals surface area (Å²) in [6.45, 7) is 7.97. The Labute approximate surface area is 261 Å². The maximum atomic E-state index is 14.1. The van der Waals surface area contributed by atoms with Crippen molar-refractivity contribution >= 4 is 73.9 Å². The van der Waals surface area contributed by atoms with Crippen molar-refractivity contribution in [1.29, 1.82) is 0 Å². The van der Waals surface area contributed by atoms with Crippen molar-refractivity contribution in [2.24, 2.45) is 0 Å². The van der Waals surface area contributed by atoms with Crippen LogP contribution in [0.15, 0.2) is 65.6 Å². The molecule has 12 heteroatoms. The predicted octanol–water partition coefficient (Wildman–Crippen LogP) is 7.14. The van der Waals surface area contributed by atoms with E-state index >= 15 is 0 Å². The molecule has 0 aliphatic carbocycles. The van der Waals surface area contributed by atoms with Crippen molar-refractivity contribution in [3.63, 3.8) is 0 Å². The summed E-state index contributed by atoms with van der Waals surface area (Å²) >= 11 is 25.5. The van der Waals surface area contributed by atoms with E-state index in [1.54, 1.807) is 37.3 Å². The number of hydrogen-bond acceptors (Lipinski definition) is 4. The summed E-state index contributed by atoms with van der Waals surface area (Å²) in [6.07, 6.45) is 0. The number of halogens is 4. The summed E-state index contributed by atoms with van der Waals surface area (Å²) < 4.78 is 28.8. The Kier molecular flexibility index (Phi) is 10.6. The number of nitrogens with zero attached hydrogens (tertiary/aromatic N) is 2. The van der Waals surface area contributed by atoms with E-state index in [2.05, 4.69) is 5.32 Å². The average molecular weight is 659 g/mol. The van der Waals surface area contributed by atoms with Crippen molar-refractivity contribution < 1.29 is 18.0 Å². The summed E-state index contributed by atoms with van der Waals surface area (Å²) in [6, 6.07) is 14.4. The zero-order chi connectivity index (χ0) is 30.7. The number of amides is 2. The van der Waals surface area contributed by atoms with Crippen molar-refractivity contribution in [2.75, 3.05) is 10.8 Å². The van der Waals surface area contributed by atoms with Gasteiger partial charge >= 0.3 is 0 Å². The van der Waals surface area contributed by atoms with Gasteiger partial charge in [-0.2, -0.15) is 0 Å². The molecule has 3 rings (SSSR count). The molecule has 0 aromatic heterocycles. The van der Waals surface area contributed by atoms with Gasteiger partial charge in [0.2, 0.25) is 11.8 Å². The number of hydrogen-bond donors (Lipinski definition) is 1. The molecule has 0 saturated carbocycles. The van der Waals surface area contributed by atoms with Gasteiger partial charge in [-0.1, -0.05) is 70.2 Å². The molecule has 3 aromatic rings. The molecule has 0 radical (unpaired) electrons. The number of sulfonamides is 1. The third kappa shape index (κ3) is 8.30. The topological polar surface area (TPSA) is 86.8 Å². The lowest BCUT2D eigenvalue weighted by Crippen LogP contribution is -2.54. The van der Waals surface area contributed by atoms with E-state index in [1.165, 1.54) is 35.2 Å². The fraction of sp³-hybridized carbons (Fsp3) is 0.310. The standard InChI is InChI=1S/C29H31Cl4N3O4S/c1-18-9-12-21(13-10-18)41(39,40)36(26-15-20(30)11-14-25(26)33)17-27(37)35(19(2)28(38)34-29(3,4)5)16-22-23(31)7-6-8-24(22)32/h6-15,19H,16-17H2,1-5H3,(H,34,38)/t19-/m1/s1. The summed E-state index contributed by atoms with van der Waals surface area (Å²) in [5.41, 5.74) is 0.690. The summed E-state index contributed by atoms with van der Waals surface area (Å²) in [7, 11) is -4.31. The van der Waals surface area contributed by atoms with Gasteiger partial charge in [-0.25, -0.2) is 8.42 Å². The van der Waals surface area contributed by atoms with Crippen LogP contribution in [0.2, 0.25) is 20.1 Å². The average Bonchev–Trinajstić information content (AvgIpc) is 2.87. The Morgan fingerprint density at radius 2 is 1.49 bits per heavy atom. The highest BCUT2D eigenvalue weighted by molar-refractivity contribution is 7.92. The molecule has 3 aromatic carbocycles. The highest BCUT2D eigenvalue weighted by Gasteiger charge is 2.34. The highest BCUT2D eigenvalue weighted by atomic mass is 35.5. The number of rotatable bonds is 9. The second kappa shape index (κ2) is 13.2. The predicted molar refractivity (Wildman–Crippen MR) is 167 cm³/mol. The minimum absolute atomic E-state index is 0.00983. The molecule has 1 atom stereocenters. The van der Waals surface area contributed by atoms with Gasteiger partial charge in [-0.3, -0.25) is 13.9 Å². The molecule has 0 bridgehead atoms. The zero-order valence-corrected chi connectivity index (χ0v) is 27.1. The van der Waals surface area contributed by atoms with Gasteiger partial charge in [-0.05, 0) is 77.1 Å². The van der Waals surface area contributed by atoms with Crippen LogP contribution in [-0.4, -0.2) is 43.3 Å². The van der Waals surface area contributed by atoms with Crippen LogP contribution in [0.4, 0.5) is 5.69 Å². The number of nitrogens with one attached hydrogen (secondary N) is 1. The molecular weight excluding hydrogens is 628 g/mol. The minimum atomic E-state index is -4.31. The molecule has 220 valence electrons. The van der Waals surface area contributed by atoms with Gasteiger partial charge in [-0.15, -0.1) is 0 Å². The van der Waals surface area contributed by atoms with Gasteiger partial charge in [0.15, 0.2) is 0 Å². The van der Waals surface area contributed by atoms with Crippen LogP contribution in [-0.2, 0) is 26.2 Å². The normalized spacial score (nSPS) is 12.5. The Bertz CT molecular complexity index is 1520. The Hall–Kier alpha value is -2.49. The molecule has 7 nitrogen and oxygen atoms in total. The van der Waals surface area contributed by atoms with Gasteiger partial charge in [0.25, 0.3) is 10.0 Å². The number of anilines is 1. The Balaban J connectivity index is 2.12. The van der Waals surface area contributed by atoms with E-state index < -0.39 is 40.0 Å². The van der Waals surface area contributed by atoms with E-state index in [-0.39, 0.29) is 27.2 Å². The van der Waals surface area contributed by atoms with Crippen molar-refractivity contribution in [3.8, 4) is 0 Å². The second-order valence-electron chi connectivity index (χ2n) is 10.6. The van der Waals surface area contributed by atoms with E-state index in [1.807, 2.05) is 27.7 Å². The Morgan fingerprint density at radius 3 is 2.05 bits per heavy atom. The lowest BCUT2D eigenvalue weighted by molar-refractivity contribution is -0.140. The maximum absolute atomic E-state index is 14.1. The third-order valence-corrected chi connectivity index (χ3v) is 9.16. The largest absolute Gasteiger partial charge is 0.350 e. The number of aryl methyl sites for hydroxylation is 1. The molecule has 0 aliphatic rings. The first-order valence-corrected chi connectivity index (χ1v) is 15.6. The molecule has 1 N–H and O–H groups in total. The van der Waals surface area contributed by atoms with Crippen molar-refractivity contribution in [2.45, 2.75) is 57.6 Å². The molecule has 0 heterocycles. The van der Waals surface area contributed by atoms with Gasteiger partial charge in [0.05, 0.1) is 15.6 Å². The first-order valence-electron chi connectivity index (χ1n) is 12.6. The van der Waals surface area contributed by atoms with Crippen molar-refractivity contribution in [1.82, 2.24) is 10.2 Å². The van der Waals surface area contributed by atoms with Crippen LogP contribution in [0.25, 0.3) is 0 Å². The third-order valence-electron chi connectivity index (χ3n) is 6.12. The Morgan fingerprint density at radius 1 is 0.902 bits per heavy atom. The summed E-state index contributed by atoms with van der Waals surface area (Å²) in [5.74, 6) is -1.13. The second-order valence-corrected chi connectivity index (χ2v) is 14.1. The lowest BCUT2D eigenvalue weighted by Gasteiger charge is -2.34. The summed E-state index contributed by atoms with van der Waals surface area (Å²) in [5, 5.41) is 3.74. The fourth-order valence-electron chi connectivity index (χ4n) is 3.94. The van der Waals surface area contributed by atoms with E-state index in [9.17, 15) is 18.0 Å². The van der Waals surface area contributed by atoms with E-state index in [0.717, 1.165) is 9.87 Å². The minimum Gasteiger partial charge on any atom is -0.350 e. The van der Waals surface area contributed by atoms with Crippen LogP contribution in [0, 0.1) is 6.92 Å². The van der Waals surface area contributed by atoms with Crippen LogP contribution in [0.1, 0.15) is 38.8 Å². The smallest absolute Gasteiger partial charge is 0.264 e. The van der Waals surface area contributed by atoms with E-state index in [4.69, 9.17) is 46.4 Å². The van der Waals surface area contributed by atoms with Crippen LogP contribution < -0.4 is 9.62 Å². The van der Waals surface area contributed by atoms with Gasteiger partial charge in [0, 0.05) is 32.7 Å². The quantitative estimate of drug-likeness (QED) is 0.265. The first kappa shape index (κ1) is 33.0. The summed E-state index contributed by atoms with van der Waals surface area (Å²) in [4.78, 5) is 28.5. The molecule has 0 saturated heterocycles. The van der Waals surface area contributed by atoms with Crippen LogP contribution in [0.3, 0.4) is 0 Å². The van der Waals surface area contributed by atoms with Crippen LogP contribution >= 0.6 is 46.4 Å². The maximum Gasteiger partial charge on any atom is 0.264 e. The van der Waals surface area contributed by atoms with Crippen LogP contribution in [0.5, 0.6) is 0 Å². The monoisotopic (exact) mass is 657 g/mol. The number of carbonyl (C=O) groups excluding carboxylic acids is 2. The first-order chi connectivity index (χ1) is 19.0. The number of carbonyl (C=O) groups is 2. The zero-order valence-electron chi connectivity index (χ0n) is 23.2. The molecular formula is C29H31Cl4N3O4S. The number of benzene rings is 3. The lowest BCUT2D eigenvalue weighted by atomic mass is 10.1.